The highest BCUT2D eigenvalue weighted by molar-refractivity contribution is 8.00. The number of thioether (sulfide) groups is 1. The summed E-state index contributed by atoms with van der Waals surface area (Å²) in [5.74, 6) is -0.853. The van der Waals surface area contributed by atoms with Crippen LogP contribution < -0.4 is 0 Å². The van der Waals surface area contributed by atoms with E-state index in [9.17, 15) is 4.79 Å². The number of aromatic nitrogens is 1. The Morgan fingerprint density at radius 3 is 2.76 bits per heavy atom. The van der Waals surface area contributed by atoms with Crippen LogP contribution in [0.1, 0.15) is 30.3 Å². The Morgan fingerprint density at radius 1 is 1.65 bits per heavy atom. The van der Waals surface area contributed by atoms with Gasteiger partial charge in [0.1, 0.15) is 11.3 Å². The topological polar surface area (TPSA) is 74.0 Å². The fraction of sp³-hybridized carbons (Fsp3) is 0.417. The van der Waals surface area contributed by atoms with Gasteiger partial charge in [0.2, 0.25) is 0 Å². The number of hydrogen-bond acceptors (Lipinski definition) is 4. The Kier molecular flexibility index (Phi) is 4.53. The van der Waals surface area contributed by atoms with E-state index in [0.29, 0.717) is 22.6 Å². The number of aryl methyl sites for hydroxylation is 2. The van der Waals surface area contributed by atoms with Crippen LogP contribution in [0.15, 0.2) is 11.0 Å². The number of nitrogens with zero attached hydrogens (tertiary/aromatic N) is 2. The molecule has 1 aromatic rings. The zero-order valence-electron chi connectivity index (χ0n) is 10.0. The summed E-state index contributed by atoms with van der Waals surface area (Å²) >= 11 is 1.21. The maximum Gasteiger partial charge on any atom is 0.316 e. The minimum absolute atomic E-state index is 0.473. The molecule has 1 unspecified atom stereocenters. The molecule has 1 aromatic heterocycles. The van der Waals surface area contributed by atoms with Crippen LogP contribution in [0, 0.1) is 25.2 Å². The third kappa shape index (κ3) is 3.21. The van der Waals surface area contributed by atoms with Crippen LogP contribution in [-0.2, 0) is 4.79 Å². The molecule has 0 saturated carbocycles. The lowest BCUT2D eigenvalue weighted by molar-refractivity contribution is -0.136. The van der Waals surface area contributed by atoms with E-state index in [2.05, 4.69) is 11.1 Å². The average Bonchev–Trinajstić information content (AvgIpc) is 2.24. The summed E-state index contributed by atoms with van der Waals surface area (Å²) in [7, 11) is 0. The van der Waals surface area contributed by atoms with Crippen LogP contribution in [0.2, 0.25) is 0 Å². The number of carbonyl (C=O) groups is 1. The van der Waals surface area contributed by atoms with Gasteiger partial charge in [-0.05, 0) is 26.3 Å². The van der Waals surface area contributed by atoms with Crippen LogP contribution in [-0.4, -0.2) is 21.3 Å². The highest BCUT2D eigenvalue weighted by atomic mass is 32.2. The second-order valence-corrected chi connectivity index (χ2v) is 4.93. The fourth-order valence-electron chi connectivity index (χ4n) is 1.48. The average molecular weight is 250 g/mol. The van der Waals surface area contributed by atoms with E-state index in [4.69, 9.17) is 10.4 Å². The molecule has 0 spiro atoms. The molecule has 0 bridgehead atoms. The Hall–Kier alpha value is -1.54. The van der Waals surface area contributed by atoms with Gasteiger partial charge in [0.25, 0.3) is 0 Å². The van der Waals surface area contributed by atoms with E-state index in [1.54, 1.807) is 13.0 Å². The van der Waals surface area contributed by atoms with E-state index in [-0.39, 0.29) is 0 Å². The molecule has 1 N–H and O–H groups in total. The summed E-state index contributed by atoms with van der Waals surface area (Å²) < 4.78 is 0. The van der Waals surface area contributed by atoms with Crippen molar-refractivity contribution < 1.29 is 9.90 Å². The van der Waals surface area contributed by atoms with Gasteiger partial charge in [0, 0.05) is 10.6 Å². The van der Waals surface area contributed by atoms with Crippen molar-refractivity contribution in [2.45, 2.75) is 37.3 Å². The zero-order chi connectivity index (χ0) is 13.0. The lowest BCUT2D eigenvalue weighted by Gasteiger charge is -2.12. The molecule has 0 aliphatic heterocycles. The molecule has 1 heterocycles. The minimum atomic E-state index is -0.853. The number of rotatable bonds is 4. The third-order valence-corrected chi connectivity index (χ3v) is 3.71. The molecule has 0 amide bonds. The lowest BCUT2D eigenvalue weighted by Crippen LogP contribution is -2.15. The quantitative estimate of drug-likeness (QED) is 0.831. The molecular formula is C12H14N2O2S. The highest BCUT2D eigenvalue weighted by Crippen LogP contribution is 2.30. The van der Waals surface area contributed by atoms with Gasteiger partial charge in [-0.15, -0.1) is 11.8 Å². The molecule has 90 valence electrons. The molecule has 0 saturated heterocycles. The van der Waals surface area contributed by atoms with Crippen molar-refractivity contribution in [1.82, 2.24) is 4.98 Å². The molecule has 0 aliphatic carbocycles. The van der Waals surface area contributed by atoms with Gasteiger partial charge >= 0.3 is 5.97 Å². The molecule has 0 fully saturated rings. The van der Waals surface area contributed by atoms with E-state index >= 15 is 0 Å². The molecule has 17 heavy (non-hydrogen) atoms. The van der Waals surface area contributed by atoms with Gasteiger partial charge < -0.3 is 5.11 Å². The first-order valence-electron chi connectivity index (χ1n) is 5.27. The molecule has 1 rings (SSSR count). The largest absolute Gasteiger partial charge is 0.480 e. The van der Waals surface area contributed by atoms with Crippen LogP contribution in [0.25, 0.3) is 0 Å². The van der Waals surface area contributed by atoms with Crippen molar-refractivity contribution >= 4 is 17.7 Å². The first-order valence-corrected chi connectivity index (χ1v) is 6.15. The maximum atomic E-state index is 11.0. The monoisotopic (exact) mass is 250 g/mol. The number of aliphatic carboxylic acids is 1. The van der Waals surface area contributed by atoms with Crippen molar-refractivity contribution in [3.63, 3.8) is 0 Å². The molecular weight excluding hydrogens is 236 g/mol. The summed E-state index contributed by atoms with van der Waals surface area (Å²) in [5, 5.41) is 17.6. The Morgan fingerprint density at radius 2 is 2.29 bits per heavy atom. The Labute approximate surface area is 105 Å². The van der Waals surface area contributed by atoms with Gasteiger partial charge in [-0.2, -0.15) is 5.26 Å². The lowest BCUT2D eigenvalue weighted by atomic mass is 10.2. The van der Waals surface area contributed by atoms with Crippen LogP contribution in [0.5, 0.6) is 0 Å². The number of pyridine rings is 1. The van der Waals surface area contributed by atoms with Gasteiger partial charge in [0.05, 0.1) is 11.3 Å². The van der Waals surface area contributed by atoms with Crippen molar-refractivity contribution in [2.75, 3.05) is 0 Å². The Balaban J connectivity index is 3.13. The van der Waals surface area contributed by atoms with Crippen molar-refractivity contribution in [2.24, 2.45) is 0 Å². The SMILES string of the molecule is CCC(Sc1cc(C)nc(C)c1C#N)C(=O)O. The third-order valence-electron chi connectivity index (χ3n) is 2.32. The number of carboxylic acids is 1. The molecule has 0 aromatic carbocycles. The maximum absolute atomic E-state index is 11.0. The summed E-state index contributed by atoms with van der Waals surface area (Å²) in [6.45, 7) is 5.41. The van der Waals surface area contributed by atoms with E-state index in [0.717, 1.165) is 5.69 Å². The predicted octanol–water partition coefficient (Wildman–Crippen LogP) is 2.53. The number of nitriles is 1. The van der Waals surface area contributed by atoms with E-state index < -0.39 is 11.2 Å². The molecule has 4 nitrogen and oxygen atoms in total. The van der Waals surface area contributed by atoms with Crippen molar-refractivity contribution in [1.29, 1.82) is 5.26 Å². The van der Waals surface area contributed by atoms with Crippen LogP contribution >= 0.6 is 11.8 Å². The number of hydrogen-bond donors (Lipinski definition) is 1. The van der Waals surface area contributed by atoms with E-state index in [1.807, 2.05) is 13.8 Å². The number of carboxylic acid groups (broad SMARTS) is 1. The smallest absolute Gasteiger partial charge is 0.316 e. The summed E-state index contributed by atoms with van der Waals surface area (Å²) in [6, 6.07) is 3.85. The standard InChI is InChI=1S/C12H14N2O2S/c1-4-10(12(15)16)17-11-5-7(2)14-8(3)9(11)6-13/h5,10H,4H2,1-3H3,(H,15,16). The fourth-order valence-corrected chi connectivity index (χ4v) is 2.61. The van der Waals surface area contributed by atoms with Crippen LogP contribution in [0.3, 0.4) is 0 Å². The van der Waals surface area contributed by atoms with Gasteiger partial charge in [0.15, 0.2) is 0 Å². The van der Waals surface area contributed by atoms with Gasteiger partial charge in [-0.3, -0.25) is 9.78 Å². The normalized spacial score (nSPS) is 11.9. The van der Waals surface area contributed by atoms with Gasteiger partial charge in [-0.1, -0.05) is 6.92 Å². The first-order chi connectivity index (χ1) is 7.99. The first kappa shape index (κ1) is 13.5. The van der Waals surface area contributed by atoms with E-state index in [1.165, 1.54) is 11.8 Å². The minimum Gasteiger partial charge on any atom is -0.480 e. The summed E-state index contributed by atoms with van der Waals surface area (Å²) in [4.78, 5) is 15.9. The van der Waals surface area contributed by atoms with Gasteiger partial charge in [-0.25, -0.2) is 0 Å². The molecule has 0 radical (unpaired) electrons. The predicted molar refractivity (Wildman–Crippen MR) is 66.0 cm³/mol. The van der Waals surface area contributed by atoms with Crippen molar-refractivity contribution in [3.8, 4) is 6.07 Å². The second-order valence-electron chi connectivity index (χ2n) is 3.69. The summed E-state index contributed by atoms with van der Waals surface area (Å²) in [5.41, 5.74) is 1.92. The molecule has 1 atom stereocenters. The van der Waals surface area contributed by atoms with Crippen LogP contribution in [0.4, 0.5) is 0 Å². The molecule has 0 aliphatic rings. The highest BCUT2D eigenvalue weighted by Gasteiger charge is 2.19. The second kappa shape index (κ2) is 5.69. The summed E-state index contributed by atoms with van der Waals surface area (Å²) in [6.07, 6.45) is 0.519. The van der Waals surface area contributed by atoms with Crippen molar-refractivity contribution in [3.05, 3.63) is 23.0 Å². The Bertz CT molecular complexity index is 480. The molecule has 5 heteroatoms. The zero-order valence-corrected chi connectivity index (χ0v) is 10.8.